The molecule has 0 fully saturated rings. The zero-order valence-electron chi connectivity index (χ0n) is 4.42. The lowest BCUT2D eigenvalue weighted by atomic mass is 10.2. The molecule has 0 aliphatic carbocycles. The molecule has 0 aromatic rings. The molecule has 0 rings (SSSR count). The van der Waals surface area contributed by atoms with E-state index in [0.717, 1.165) is 12.8 Å². The van der Waals surface area contributed by atoms with E-state index in [1.54, 1.807) is 12.3 Å². The molecule has 0 amide bonds. The maximum atomic E-state index is 8.62. The summed E-state index contributed by atoms with van der Waals surface area (Å²) >= 11 is 4.53. The first-order valence-electron chi connectivity index (χ1n) is 2.39. The van der Waals surface area contributed by atoms with Crippen LogP contribution in [0.5, 0.6) is 0 Å². The highest BCUT2D eigenvalue weighted by atomic mass is 32.1. The van der Waals surface area contributed by atoms with Gasteiger partial charge in [0, 0.05) is 0 Å². The number of thiocarbonyl (C=S) groups is 1. The van der Waals surface area contributed by atoms with Crippen molar-refractivity contribution in [1.29, 1.82) is 0 Å². The Bertz CT molecular complexity index is 52.0. The summed E-state index contributed by atoms with van der Waals surface area (Å²) in [5, 5.41) is 10.3. The summed E-state index contributed by atoms with van der Waals surface area (Å²) in [4.78, 5) is 0. The van der Waals surface area contributed by atoms with E-state index in [1.807, 2.05) is 0 Å². The Kier molecular flexibility index (Phi) is 4.25. The van der Waals surface area contributed by atoms with Crippen molar-refractivity contribution in [3.05, 3.63) is 0 Å². The molecule has 0 aromatic heterocycles. The summed E-state index contributed by atoms with van der Waals surface area (Å²) in [7, 11) is 0. The van der Waals surface area contributed by atoms with Crippen LogP contribution in [0.15, 0.2) is 0 Å². The first-order valence-corrected chi connectivity index (χ1v) is 2.86. The standard InChI is InChI=1S/C5H10OS/c1-5(6)3-2-4-7/h4-6H,2-3H2,1H3. The van der Waals surface area contributed by atoms with Gasteiger partial charge in [-0.05, 0) is 25.1 Å². The molecular weight excluding hydrogens is 108 g/mol. The van der Waals surface area contributed by atoms with E-state index in [1.165, 1.54) is 0 Å². The summed E-state index contributed by atoms with van der Waals surface area (Å²) in [6.07, 6.45) is 1.44. The molecule has 1 atom stereocenters. The molecule has 0 radical (unpaired) electrons. The Hall–Kier alpha value is 0.0500. The highest BCUT2D eigenvalue weighted by Gasteiger charge is 1.89. The second-order valence-corrected chi connectivity index (χ2v) is 1.93. The monoisotopic (exact) mass is 118 g/mol. The number of aliphatic hydroxyl groups is 1. The minimum Gasteiger partial charge on any atom is -0.393 e. The van der Waals surface area contributed by atoms with Crippen molar-refractivity contribution in [2.24, 2.45) is 0 Å². The molecule has 0 bridgehead atoms. The Labute approximate surface area is 49.4 Å². The third kappa shape index (κ3) is 6.05. The van der Waals surface area contributed by atoms with Gasteiger partial charge >= 0.3 is 0 Å². The Balaban J connectivity index is 2.81. The van der Waals surface area contributed by atoms with Crippen LogP contribution < -0.4 is 0 Å². The molecule has 1 N–H and O–H groups in total. The van der Waals surface area contributed by atoms with Gasteiger partial charge < -0.3 is 5.11 Å². The van der Waals surface area contributed by atoms with E-state index in [-0.39, 0.29) is 6.10 Å². The molecule has 0 saturated carbocycles. The SMILES string of the molecule is CC(O)CCC=S. The van der Waals surface area contributed by atoms with Crippen LogP contribution in [-0.2, 0) is 0 Å². The number of hydrogen-bond donors (Lipinski definition) is 1. The smallest absolute Gasteiger partial charge is 0.0515 e. The van der Waals surface area contributed by atoms with Gasteiger partial charge in [-0.3, -0.25) is 0 Å². The van der Waals surface area contributed by atoms with E-state index in [0.29, 0.717) is 0 Å². The van der Waals surface area contributed by atoms with Gasteiger partial charge in [0.05, 0.1) is 6.10 Å². The summed E-state index contributed by atoms with van der Waals surface area (Å²) in [6.45, 7) is 1.76. The minimum absolute atomic E-state index is 0.195. The third-order valence-electron chi connectivity index (χ3n) is 0.702. The third-order valence-corrected chi connectivity index (χ3v) is 0.938. The minimum atomic E-state index is -0.195. The summed E-state index contributed by atoms with van der Waals surface area (Å²) < 4.78 is 0. The predicted molar refractivity (Wildman–Crippen MR) is 34.6 cm³/mol. The van der Waals surface area contributed by atoms with Gasteiger partial charge in [-0.2, -0.15) is 0 Å². The highest BCUT2D eigenvalue weighted by molar-refractivity contribution is 7.78. The van der Waals surface area contributed by atoms with Crippen molar-refractivity contribution >= 4 is 17.6 Å². The van der Waals surface area contributed by atoms with Crippen LogP contribution in [0.25, 0.3) is 0 Å². The van der Waals surface area contributed by atoms with Crippen LogP contribution in [0.1, 0.15) is 19.8 Å². The summed E-state index contributed by atoms with van der Waals surface area (Å²) in [6, 6.07) is 0. The van der Waals surface area contributed by atoms with Crippen LogP contribution in [0.4, 0.5) is 0 Å². The Morgan fingerprint density at radius 1 is 1.86 bits per heavy atom. The van der Waals surface area contributed by atoms with Crippen LogP contribution in [-0.4, -0.2) is 16.6 Å². The van der Waals surface area contributed by atoms with Gasteiger partial charge in [-0.15, -0.1) is 0 Å². The average Bonchev–Trinajstić information content (AvgIpc) is 1.61. The van der Waals surface area contributed by atoms with E-state index >= 15 is 0 Å². The molecule has 0 aliphatic rings. The topological polar surface area (TPSA) is 20.2 Å². The fourth-order valence-electron chi connectivity index (χ4n) is 0.309. The van der Waals surface area contributed by atoms with Gasteiger partial charge in [-0.25, -0.2) is 0 Å². The fraction of sp³-hybridized carbons (Fsp3) is 0.800. The normalized spacial score (nSPS) is 13.4. The van der Waals surface area contributed by atoms with Crippen LogP contribution in [0, 0.1) is 0 Å². The molecule has 0 aliphatic heterocycles. The molecule has 42 valence electrons. The lowest BCUT2D eigenvalue weighted by Gasteiger charge is -1.95. The fourth-order valence-corrected chi connectivity index (χ4v) is 0.445. The van der Waals surface area contributed by atoms with Crippen molar-refractivity contribution in [1.82, 2.24) is 0 Å². The van der Waals surface area contributed by atoms with E-state index in [9.17, 15) is 0 Å². The average molecular weight is 118 g/mol. The molecule has 1 unspecified atom stereocenters. The van der Waals surface area contributed by atoms with Gasteiger partial charge in [0.2, 0.25) is 0 Å². The van der Waals surface area contributed by atoms with E-state index < -0.39 is 0 Å². The molecule has 7 heavy (non-hydrogen) atoms. The lowest BCUT2D eigenvalue weighted by molar-refractivity contribution is 0.187. The number of aliphatic hydroxyl groups excluding tert-OH is 1. The van der Waals surface area contributed by atoms with Crippen molar-refractivity contribution in [2.75, 3.05) is 0 Å². The van der Waals surface area contributed by atoms with Gasteiger partial charge in [0.15, 0.2) is 0 Å². The van der Waals surface area contributed by atoms with E-state index in [2.05, 4.69) is 12.2 Å². The van der Waals surface area contributed by atoms with Crippen molar-refractivity contribution in [3.63, 3.8) is 0 Å². The molecule has 0 spiro atoms. The summed E-state index contributed by atoms with van der Waals surface area (Å²) in [5.41, 5.74) is 0. The second kappa shape index (κ2) is 4.22. The van der Waals surface area contributed by atoms with Crippen LogP contribution in [0.2, 0.25) is 0 Å². The maximum absolute atomic E-state index is 8.62. The zero-order valence-corrected chi connectivity index (χ0v) is 5.24. The molecule has 0 saturated heterocycles. The molecule has 2 heteroatoms. The maximum Gasteiger partial charge on any atom is 0.0515 e. The van der Waals surface area contributed by atoms with Crippen molar-refractivity contribution in [3.8, 4) is 0 Å². The van der Waals surface area contributed by atoms with E-state index in [4.69, 9.17) is 5.11 Å². The molecule has 0 heterocycles. The van der Waals surface area contributed by atoms with Gasteiger partial charge in [0.1, 0.15) is 0 Å². The molecular formula is C5H10OS. The quantitative estimate of drug-likeness (QED) is 0.561. The molecule has 0 aromatic carbocycles. The second-order valence-electron chi connectivity index (χ2n) is 1.59. The Morgan fingerprint density at radius 3 is 2.57 bits per heavy atom. The Morgan fingerprint density at radius 2 is 2.43 bits per heavy atom. The largest absolute Gasteiger partial charge is 0.393 e. The first-order chi connectivity index (χ1) is 3.27. The number of hydrogen-bond acceptors (Lipinski definition) is 2. The first kappa shape index (κ1) is 7.05. The lowest BCUT2D eigenvalue weighted by Crippen LogP contribution is -1.97. The number of rotatable bonds is 3. The van der Waals surface area contributed by atoms with Gasteiger partial charge in [-0.1, -0.05) is 12.2 Å². The zero-order chi connectivity index (χ0) is 5.70. The molecule has 1 nitrogen and oxygen atoms in total. The van der Waals surface area contributed by atoms with Crippen LogP contribution in [0.3, 0.4) is 0 Å². The highest BCUT2D eigenvalue weighted by Crippen LogP contribution is 1.91. The predicted octanol–water partition coefficient (Wildman–Crippen LogP) is 1.15. The van der Waals surface area contributed by atoms with Crippen molar-refractivity contribution in [2.45, 2.75) is 25.9 Å². The van der Waals surface area contributed by atoms with Gasteiger partial charge in [0.25, 0.3) is 0 Å². The van der Waals surface area contributed by atoms with Crippen LogP contribution >= 0.6 is 12.2 Å². The van der Waals surface area contributed by atoms with Crippen molar-refractivity contribution < 1.29 is 5.11 Å². The summed E-state index contributed by atoms with van der Waals surface area (Å²) in [5.74, 6) is 0.